The summed E-state index contributed by atoms with van der Waals surface area (Å²) in [7, 11) is 0. The average molecular weight is 281 g/mol. The number of aliphatic hydroxyl groups excluding tert-OH is 1. The van der Waals surface area contributed by atoms with Gasteiger partial charge in [-0.2, -0.15) is 0 Å². The Kier molecular flexibility index (Phi) is 4.40. The van der Waals surface area contributed by atoms with Gasteiger partial charge in [-0.3, -0.25) is 0 Å². The van der Waals surface area contributed by atoms with Gasteiger partial charge < -0.3 is 9.84 Å². The van der Waals surface area contributed by atoms with Crippen LogP contribution in [0.1, 0.15) is 24.2 Å². The van der Waals surface area contributed by atoms with Crippen molar-refractivity contribution in [3.8, 4) is 5.75 Å². The molecule has 0 amide bonds. The molecule has 0 aromatic heterocycles. The second kappa shape index (κ2) is 6.04. The monoisotopic (exact) mass is 280 g/mol. The molecule has 0 saturated heterocycles. The number of benzene rings is 2. The van der Waals surface area contributed by atoms with Gasteiger partial charge in [0, 0.05) is 10.6 Å². The van der Waals surface area contributed by atoms with E-state index in [0.29, 0.717) is 22.9 Å². The smallest absolute Gasteiger partial charge is 0.129 e. The molecule has 0 radical (unpaired) electrons. The molecule has 0 bridgehead atoms. The van der Waals surface area contributed by atoms with Crippen molar-refractivity contribution >= 4 is 11.6 Å². The molecule has 0 heterocycles. The molecule has 2 rings (SSSR count). The molecule has 19 heavy (non-hydrogen) atoms. The van der Waals surface area contributed by atoms with Crippen LogP contribution in [0.25, 0.3) is 0 Å². The number of halogens is 2. The molecule has 0 aliphatic heterocycles. The molecule has 2 aromatic carbocycles. The van der Waals surface area contributed by atoms with Crippen molar-refractivity contribution in [3.63, 3.8) is 0 Å². The molecule has 1 atom stereocenters. The SMILES string of the molecule is CCOc1ccc(C(O)c2cc(Cl)ccc2F)cc1. The minimum Gasteiger partial charge on any atom is -0.494 e. The molecule has 0 aliphatic carbocycles. The Bertz CT molecular complexity index is 555. The maximum atomic E-state index is 13.7. The van der Waals surface area contributed by atoms with Crippen LogP contribution < -0.4 is 4.74 Å². The molecule has 100 valence electrons. The first-order valence-corrected chi connectivity index (χ1v) is 6.35. The fraction of sp³-hybridized carbons (Fsp3) is 0.200. The second-order valence-electron chi connectivity index (χ2n) is 4.07. The molecular weight excluding hydrogens is 267 g/mol. The van der Waals surface area contributed by atoms with Gasteiger partial charge in [-0.05, 0) is 42.8 Å². The lowest BCUT2D eigenvalue weighted by atomic mass is 10.0. The van der Waals surface area contributed by atoms with E-state index in [2.05, 4.69) is 0 Å². The molecule has 1 N–H and O–H groups in total. The topological polar surface area (TPSA) is 29.5 Å². The Balaban J connectivity index is 2.27. The number of rotatable bonds is 4. The van der Waals surface area contributed by atoms with E-state index >= 15 is 0 Å². The zero-order valence-electron chi connectivity index (χ0n) is 10.4. The summed E-state index contributed by atoms with van der Waals surface area (Å²) in [5.74, 6) is 0.232. The van der Waals surface area contributed by atoms with Crippen LogP contribution in [0.5, 0.6) is 5.75 Å². The van der Waals surface area contributed by atoms with Gasteiger partial charge in [0.15, 0.2) is 0 Å². The number of hydrogen-bond acceptors (Lipinski definition) is 2. The van der Waals surface area contributed by atoms with Crippen LogP contribution in [0.2, 0.25) is 5.02 Å². The predicted octanol–water partition coefficient (Wildman–Crippen LogP) is 3.96. The summed E-state index contributed by atoms with van der Waals surface area (Å²) in [6.07, 6.45) is -1.05. The van der Waals surface area contributed by atoms with E-state index in [9.17, 15) is 9.50 Å². The van der Waals surface area contributed by atoms with Gasteiger partial charge in [-0.1, -0.05) is 23.7 Å². The average Bonchev–Trinajstić information content (AvgIpc) is 2.42. The largest absolute Gasteiger partial charge is 0.494 e. The molecule has 1 unspecified atom stereocenters. The van der Waals surface area contributed by atoms with Crippen LogP contribution in [0.4, 0.5) is 4.39 Å². The van der Waals surface area contributed by atoms with E-state index < -0.39 is 11.9 Å². The van der Waals surface area contributed by atoms with Gasteiger partial charge >= 0.3 is 0 Å². The van der Waals surface area contributed by atoms with Gasteiger partial charge in [0.05, 0.1) is 6.61 Å². The highest BCUT2D eigenvalue weighted by Gasteiger charge is 2.15. The van der Waals surface area contributed by atoms with Crippen LogP contribution in [0.15, 0.2) is 42.5 Å². The summed E-state index contributed by atoms with van der Waals surface area (Å²) in [5, 5.41) is 10.6. The zero-order valence-corrected chi connectivity index (χ0v) is 11.2. The Morgan fingerprint density at radius 1 is 1.21 bits per heavy atom. The van der Waals surface area contributed by atoms with Crippen molar-refractivity contribution in [2.24, 2.45) is 0 Å². The van der Waals surface area contributed by atoms with Crippen molar-refractivity contribution in [3.05, 3.63) is 64.4 Å². The van der Waals surface area contributed by atoms with Crippen LogP contribution in [0.3, 0.4) is 0 Å². The molecule has 0 saturated carbocycles. The van der Waals surface area contributed by atoms with Gasteiger partial charge in [-0.15, -0.1) is 0 Å². The van der Waals surface area contributed by atoms with Crippen LogP contribution in [-0.2, 0) is 0 Å². The summed E-state index contributed by atoms with van der Waals surface area (Å²) in [4.78, 5) is 0. The lowest BCUT2D eigenvalue weighted by molar-refractivity contribution is 0.215. The molecular formula is C15H14ClFO2. The minimum atomic E-state index is -1.05. The van der Waals surface area contributed by atoms with E-state index in [4.69, 9.17) is 16.3 Å². The van der Waals surface area contributed by atoms with Crippen molar-refractivity contribution < 1.29 is 14.2 Å². The first-order chi connectivity index (χ1) is 9.11. The van der Waals surface area contributed by atoms with E-state index in [1.807, 2.05) is 6.92 Å². The van der Waals surface area contributed by atoms with Crippen molar-refractivity contribution in [1.82, 2.24) is 0 Å². The molecule has 0 spiro atoms. The van der Waals surface area contributed by atoms with Gasteiger partial charge in [0.25, 0.3) is 0 Å². The predicted molar refractivity (Wildman–Crippen MR) is 73.1 cm³/mol. The summed E-state index contributed by atoms with van der Waals surface area (Å²) in [5.41, 5.74) is 0.751. The highest BCUT2D eigenvalue weighted by molar-refractivity contribution is 6.30. The maximum Gasteiger partial charge on any atom is 0.129 e. The number of hydrogen-bond donors (Lipinski definition) is 1. The minimum absolute atomic E-state index is 0.164. The lowest BCUT2D eigenvalue weighted by Gasteiger charge is -2.13. The van der Waals surface area contributed by atoms with Crippen LogP contribution >= 0.6 is 11.6 Å². The first-order valence-electron chi connectivity index (χ1n) is 5.97. The molecule has 2 nitrogen and oxygen atoms in total. The Morgan fingerprint density at radius 2 is 1.89 bits per heavy atom. The summed E-state index contributed by atoms with van der Waals surface area (Å²) < 4.78 is 19.0. The molecule has 0 aliphatic rings. The fourth-order valence-corrected chi connectivity index (χ4v) is 2.00. The number of aliphatic hydroxyl groups is 1. The zero-order chi connectivity index (χ0) is 13.8. The second-order valence-corrected chi connectivity index (χ2v) is 4.51. The highest BCUT2D eigenvalue weighted by Crippen LogP contribution is 2.27. The van der Waals surface area contributed by atoms with Gasteiger partial charge in [0.1, 0.15) is 17.7 Å². The third kappa shape index (κ3) is 3.25. The highest BCUT2D eigenvalue weighted by atomic mass is 35.5. The summed E-state index contributed by atoms with van der Waals surface area (Å²) in [6, 6.07) is 11.0. The van der Waals surface area contributed by atoms with E-state index in [-0.39, 0.29) is 5.56 Å². The normalized spacial score (nSPS) is 12.2. The van der Waals surface area contributed by atoms with Crippen LogP contribution in [-0.4, -0.2) is 11.7 Å². The number of ether oxygens (including phenoxy) is 1. The van der Waals surface area contributed by atoms with E-state index in [0.717, 1.165) is 0 Å². The van der Waals surface area contributed by atoms with Gasteiger partial charge in [0.2, 0.25) is 0 Å². The van der Waals surface area contributed by atoms with Crippen molar-refractivity contribution in [1.29, 1.82) is 0 Å². The summed E-state index contributed by atoms with van der Waals surface area (Å²) in [6.45, 7) is 2.47. The Hall–Kier alpha value is -1.58. The van der Waals surface area contributed by atoms with Gasteiger partial charge in [-0.25, -0.2) is 4.39 Å². The molecule has 4 heteroatoms. The third-order valence-corrected chi connectivity index (χ3v) is 2.99. The first kappa shape index (κ1) is 13.8. The van der Waals surface area contributed by atoms with E-state index in [1.165, 1.54) is 18.2 Å². The molecule has 0 fully saturated rings. The lowest BCUT2D eigenvalue weighted by Crippen LogP contribution is -2.02. The quantitative estimate of drug-likeness (QED) is 0.918. The van der Waals surface area contributed by atoms with Crippen molar-refractivity contribution in [2.45, 2.75) is 13.0 Å². The van der Waals surface area contributed by atoms with E-state index in [1.54, 1.807) is 24.3 Å². The standard InChI is InChI=1S/C15H14ClFO2/c1-2-19-12-6-3-10(4-7-12)15(18)13-9-11(16)5-8-14(13)17/h3-9,15,18H,2H2,1H3. The maximum absolute atomic E-state index is 13.7. The van der Waals surface area contributed by atoms with Crippen molar-refractivity contribution in [2.75, 3.05) is 6.61 Å². The summed E-state index contributed by atoms with van der Waals surface area (Å²) >= 11 is 5.82. The fourth-order valence-electron chi connectivity index (χ4n) is 1.82. The Morgan fingerprint density at radius 3 is 2.53 bits per heavy atom. The third-order valence-electron chi connectivity index (χ3n) is 2.76. The van der Waals surface area contributed by atoms with Crippen LogP contribution in [0, 0.1) is 5.82 Å². The molecule has 2 aromatic rings. The Labute approximate surface area is 116 Å².